The predicted octanol–water partition coefficient (Wildman–Crippen LogP) is 1.17. The Kier molecular flexibility index (Phi) is 5.98. The van der Waals surface area contributed by atoms with E-state index in [1.807, 2.05) is 18.2 Å². The number of halogens is 1. The van der Waals surface area contributed by atoms with Crippen LogP contribution in [-0.4, -0.2) is 34.8 Å². The first-order valence-electron chi connectivity index (χ1n) is 5.04. The molecule has 0 aromatic heterocycles. The van der Waals surface area contributed by atoms with Crippen LogP contribution < -0.4 is 5.32 Å². The van der Waals surface area contributed by atoms with E-state index >= 15 is 0 Å². The Bertz CT molecular complexity index is 360. The van der Waals surface area contributed by atoms with Gasteiger partial charge in [0.2, 0.25) is 0 Å². The lowest BCUT2D eigenvalue weighted by Crippen LogP contribution is -2.28. The predicted molar refractivity (Wildman–Crippen MR) is 68.1 cm³/mol. The molecule has 1 aromatic rings. The standard InChI is InChI=1S/C11H16ClNO2S/c1-13-6-10(14)8-16(15)7-9-4-2-3-5-11(9)12/h2-5,10,13-14H,6-8H2,1H3. The minimum atomic E-state index is -1.09. The van der Waals surface area contributed by atoms with Crippen molar-refractivity contribution in [2.24, 2.45) is 0 Å². The Labute approximate surface area is 103 Å². The van der Waals surface area contributed by atoms with Crippen molar-refractivity contribution in [1.29, 1.82) is 0 Å². The number of nitrogens with one attached hydrogen (secondary N) is 1. The molecule has 0 saturated heterocycles. The van der Waals surface area contributed by atoms with Crippen molar-refractivity contribution in [3.05, 3.63) is 34.9 Å². The molecular weight excluding hydrogens is 246 g/mol. The molecule has 0 amide bonds. The molecule has 0 radical (unpaired) electrons. The maximum Gasteiger partial charge on any atom is 0.0779 e. The summed E-state index contributed by atoms with van der Waals surface area (Å²) in [6, 6.07) is 7.33. The van der Waals surface area contributed by atoms with Crippen molar-refractivity contribution in [3.8, 4) is 0 Å². The molecule has 0 heterocycles. The second-order valence-electron chi connectivity index (χ2n) is 3.55. The first kappa shape index (κ1) is 13.6. The van der Waals surface area contributed by atoms with E-state index in [4.69, 9.17) is 11.6 Å². The van der Waals surface area contributed by atoms with Crippen molar-refractivity contribution in [2.75, 3.05) is 19.3 Å². The van der Waals surface area contributed by atoms with Crippen LogP contribution in [-0.2, 0) is 16.6 Å². The average Bonchev–Trinajstić information content (AvgIpc) is 2.21. The number of rotatable bonds is 6. The molecule has 16 heavy (non-hydrogen) atoms. The lowest BCUT2D eigenvalue weighted by molar-refractivity contribution is 0.198. The smallest absolute Gasteiger partial charge is 0.0779 e. The van der Waals surface area contributed by atoms with Crippen LogP contribution in [0.4, 0.5) is 0 Å². The number of benzene rings is 1. The highest BCUT2D eigenvalue weighted by Gasteiger charge is 2.10. The van der Waals surface area contributed by atoms with Crippen LogP contribution in [0.15, 0.2) is 24.3 Å². The number of hydrogen-bond acceptors (Lipinski definition) is 3. The largest absolute Gasteiger partial charge is 0.391 e. The minimum Gasteiger partial charge on any atom is -0.391 e. The van der Waals surface area contributed by atoms with Gasteiger partial charge in [-0.15, -0.1) is 0 Å². The van der Waals surface area contributed by atoms with E-state index in [1.54, 1.807) is 13.1 Å². The third kappa shape index (κ3) is 4.61. The maximum absolute atomic E-state index is 11.7. The molecule has 2 atom stereocenters. The fraction of sp³-hybridized carbons (Fsp3) is 0.455. The molecular formula is C11H16ClNO2S. The summed E-state index contributed by atoms with van der Waals surface area (Å²) in [5, 5.41) is 12.9. The van der Waals surface area contributed by atoms with Crippen molar-refractivity contribution in [2.45, 2.75) is 11.9 Å². The number of likely N-dealkylation sites (N-methyl/N-ethyl adjacent to an activating group) is 1. The van der Waals surface area contributed by atoms with Gasteiger partial charge < -0.3 is 10.4 Å². The van der Waals surface area contributed by atoms with Crippen LogP contribution in [0.1, 0.15) is 5.56 Å². The highest BCUT2D eigenvalue weighted by molar-refractivity contribution is 7.84. The van der Waals surface area contributed by atoms with Crippen LogP contribution in [0.2, 0.25) is 5.02 Å². The van der Waals surface area contributed by atoms with Crippen LogP contribution >= 0.6 is 11.6 Å². The molecule has 0 spiro atoms. The van der Waals surface area contributed by atoms with Gasteiger partial charge >= 0.3 is 0 Å². The van der Waals surface area contributed by atoms with Crippen molar-refractivity contribution >= 4 is 22.4 Å². The van der Waals surface area contributed by atoms with E-state index in [0.29, 0.717) is 17.3 Å². The van der Waals surface area contributed by atoms with Gasteiger partial charge in [-0.05, 0) is 18.7 Å². The van der Waals surface area contributed by atoms with Crippen molar-refractivity contribution in [3.63, 3.8) is 0 Å². The van der Waals surface area contributed by atoms with Gasteiger partial charge in [0.05, 0.1) is 17.6 Å². The van der Waals surface area contributed by atoms with Gasteiger partial charge in [-0.3, -0.25) is 4.21 Å². The summed E-state index contributed by atoms with van der Waals surface area (Å²) in [6.45, 7) is 0.453. The quantitative estimate of drug-likeness (QED) is 0.808. The van der Waals surface area contributed by atoms with Crippen LogP contribution in [0.5, 0.6) is 0 Å². The summed E-state index contributed by atoms with van der Waals surface area (Å²) in [6.07, 6.45) is -0.576. The number of aliphatic hydroxyl groups excluding tert-OH is 1. The van der Waals surface area contributed by atoms with Crippen molar-refractivity contribution in [1.82, 2.24) is 5.32 Å². The monoisotopic (exact) mass is 261 g/mol. The molecule has 0 aliphatic carbocycles. The Hall–Kier alpha value is -0.420. The molecule has 1 aromatic carbocycles. The second kappa shape index (κ2) is 7.01. The molecule has 90 valence electrons. The summed E-state index contributed by atoms with van der Waals surface area (Å²) in [7, 11) is 0.663. The molecule has 0 fully saturated rings. The fourth-order valence-electron chi connectivity index (χ4n) is 1.36. The molecule has 0 saturated carbocycles. The van der Waals surface area contributed by atoms with E-state index in [9.17, 15) is 9.32 Å². The van der Waals surface area contributed by atoms with Gasteiger partial charge in [0.15, 0.2) is 0 Å². The Morgan fingerprint density at radius 1 is 1.50 bits per heavy atom. The molecule has 2 N–H and O–H groups in total. The SMILES string of the molecule is CNCC(O)CS(=O)Cc1ccccc1Cl. The highest BCUT2D eigenvalue weighted by Crippen LogP contribution is 2.16. The van der Waals surface area contributed by atoms with Gasteiger partial charge in [-0.2, -0.15) is 0 Å². The fourth-order valence-corrected chi connectivity index (χ4v) is 2.90. The normalized spacial score (nSPS) is 14.7. The zero-order valence-electron chi connectivity index (χ0n) is 9.15. The summed E-state index contributed by atoms with van der Waals surface area (Å²) < 4.78 is 11.7. The van der Waals surface area contributed by atoms with E-state index in [-0.39, 0.29) is 5.75 Å². The topological polar surface area (TPSA) is 49.3 Å². The summed E-state index contributed by atoms with van der Waals surface area (Å²) in [4.78, 5) is 0. The summed E-state index contributed by atoms with van der Waals surface area (Å²) in [5.74, 6) is 0.659. The number of aliphatic hydroxyl groups is 1. The molecule has 2 unspecified atom stereocenters. The van der Waals surface area contributed by atoms with E-state index in [0.717, 1.165) is 5.56 Å². The lowest BCUT2D eigenvalue weighted by Gasteiger charge is -2.10. The summed E-state index contributed by atoms with van der Waals surface area (Å²) in [5.41, 5.74) is 0.860. The Balaban J connectivity index is 2.49. The van der Waals surface area contributed by atoms with Crippen LogP contribution in [0, 0.1) is 0 Å². The molecule has 5 heteroatoms. The van der Waals surface area contributed by atoms with Crippen LogP contribution in [0.3, 0.4) is 0 Å². The molecule has 0 aliphatic heterocycles. The second-order valence-corrected chi connectivity index (χ2v) is 5.46. The Morgan fingerprint density at radius 2 is 2.19 bits per heavy atom. The van der Waals surface area contributed by atoms with E-state index in [1.165, 1.54) is 0 Å². The zero-order chi connectivity index (χ0) is 12.0. The van der Waals surface area contributed by atoms with Gasteiger partial charge in [-0.1, -0.05) is 29.8 Å². The molecule has 1 rings (SSSR count). The first-order chi connectivity index (χ1) is 7.63. The van der Waals surface area contributed by atoms with E-state index in [2.05, 4.69) is 5.32 Å². The van der Waals surface area contributed by atoms with Gasteiger partial charge in [0.1, 0.15) is 0 Å². The highest BCUT2D eigenvalue weighted by atomic mass is 35.5. The molecule has 0 aliphatic rings. The van der Waals surface area contributed by atoms with Gasteiger partial charge in [0.25, 0.3) is 0 Å². The first-order valence-corrected chi connectivity index (χ1v) is 6.91. The Morgan fingerprint density at radius 3 is 2.81 bits per heavy atom. The third-order valence-electron chi connectivity index (χ3n) is 2.09. The molecule has 0 bridgehead atoms. The third-order valence-corrected chi connectivity index (χ3v) is 3.85. The van der Waals surface area contributed by atoms with Gasteiger partial charge in [-0.25, -0.2) is 0 Å². The van der Waals surface area contributed by atoms with Gasteiger partial charge in [0, 0.05) is 22.4 Å². The number of hydrogen-bond donors (Lipinski definition) is 2. The lowest BCUT2D eigenvalue weighted by atomic mass is 10.2. The zero-order valence-corrected chi connectivity index (χ0v) is 10.7. The maximum atomic E-state index is 11.7. The average molecular weight is 262 g/mol. The van der Waals surface area contributed by atoms with Crippen LogP contribution in [0.25, 0.3) is 0 Å². The van der Waals surface area contributed by atoms with Crippen molar-refractivity contribution < 1.29 is 9.32 Å². The summed E-state index contributed by atoms with van der Waals surface area (Å²) >= 11 is 5.96. The van der Waals surface area contributed by atoms with E-state index < -0.39 is 16.9 Å². The minimum absolute atomic E-state index is 0.270. The molecule has 3 nitrogen and oxygen atoms in total.